The van der Waals surface area contributed by atoms with Crippen molar-refractivity contribution >= 4 is 0 Å². The van der Waals surface area contributed by atoms with Gasteiger partial charge in [0.05, 0.1) is 6.10 Å². The maximum Gasteiger partial charge on any atom is 0.108 e. The Morgan fingerprint density at radius 2 is 1.79 bits per heavy atom. The van der Waals surface area contributed by atoms with Crippen LogP contribution in [0.25, 0.3) is 0 Å². The first-order valence-electron chi connectivity index (χ1n) is 5.12. The van der Waals surface area contributed by atoms with E-state index in [-0.39, 0.29) is 12.3 Å². The summed E-state index contributed by atoms with van der Waals surface area (Å²) in [5.41, 5.74) is 1.27. The minimum Gasteiger partial charge on any atom is -0.354 e. The average Bonchev–Trinajstić information content (AvgIpc) is 2.47. The van der Waals surface area contributed by atoms with Gasteiger partial charge in [0.2, 0.25) is 0 Å². The van der Waals surface area contributed by atoms with E-state index in [9.17, 15) is 0 Å². The molecule has 1 aromatic rings. The third kappa shape index (κ3) is 1.56. The van der Waals surface area contributed by atoms with Crippen LogP contribution in [0.4, 0.5) is 0 Å². The van der Waals surface area contributed by atoms with E-state index in [0.29, 0.717) is 6.04 Å². The van der Waals surface area contributed by atoms with E-state index >= 15 is 0 Å². The Morgan fingerprint density at radius 1 is 1.14 bits per heavy atom. The third-order valence-electron chi connectivity index (χ3n) is 3.13. The zero-order valence-corrected chi connectivity index (χ0v) is 8.97. The Bertz CT molecular complexity index is 298. The smallest absolute Gasteiger partial charge is 0.108 e. The molecule has 0 bridgehead atoms. The molecule has 1 saturated heterocycles. The average molecular weight is 191 g/mol. The summed E-state index contributed by atoms with van der Waals surface area (Å²) in [6.45, 7) is 4.31. The van der Waals surface area contributed by atoms with Gasteiger partial charge in [0.1, 0.15) is 6.23 Å². The minimum atomic E-state index is 0.218. The lowest BCUT2D eigenvalue weighted by atomic mass is 10.0. The molecular weight excluding hydrogens is 174 g/mol. The van der Waals surface area contributed by atoms with Crippen LogP contribution in [0.5, 0.6) is 0 Å². The first-order valence-corrected chi connectivity index (χ1v) is 5.12. The molecule has 0 amide bonds. The van der Waals surface area contributed by atoms with E-state index in [1.807, 2.05) is 6.07 Å². The summed E-state index contributed by atoms with van der Waals surface area (Å²) in [6.07, 6.45) is 0.436. The molecular formula is C12H17NO. The van der Waals surface area contributed by atoms with Crippen LogP contribution in [0.15, 0.2) is 30.3 Å². The minimum absolute atomic E-state index is 0.218. The van der Waals surface area contributed by atoms with Crippen molar-refractivity contribution in [3.63, 3.8) is 0 Å². The molecule has 0 N–H and O–H groups in total. The highest BCUT2D eigenvalue weighted by molar-refractivity contribution is 5.20. The Labute approximate surface area is 85.5 Å². The van der Waals surface area contributed by atoms with Gasteiger partial charge in [-0.2, -0.15) is 0 Å². The maximum absolute atomic E-state index is 5.90. The third-order valence-corrected chi connectivity index (χ3v) is 3.13. The van der Waals surface area contributed by atoms with Crippen LogP contribution < -0.4 is 0 Å². The molecule has 0 saturated carbocycles. The van der Waals surface area contributed by atoms with Gasteiger partial charge in [0.25, 0.3) is 0 Å². The molecule has 1 heterocycles. The normalized spacial score (nSPS) is 33.5. The van der Waals surface area contributed by atoms with Crippen LogP contribution in [0.2, 0.25) is 0 Å². The van der Waals surface area contributed by atoms with Gasteiger partial charge in [0.15, 0.2) is 0 Å². The lowest BCUT2D eigenvalue weighted by Crippen LogP contribution is -2.29. The highest BCUT2D eigenvalue weighted by Gasteiger charge is 2.34. The molecule has 0 aromatic heterocycles. The number of hydrogen-bond acceptors (Lipinski definition) is 2. The molecule has 0 unspecified atom stereocenters. The number of likely N-dealkylation sites (N-methyl/N-ethyl adjacent to an activating group) is 1. The summed E-state index contributed by atoms with van der Waals surface area (Å²) < 4.78 is 5.90. The standard InChI is InChI=1S/C12H17NO/c1-9-12(14-10(2)13(9)3)11-7-5-4-6-8-11/h4-10,12H,1-3H3/t9-,10-,12+/m1/s1. The molecule has 1 fully saturated rings. The Balaban J connectivity index is 2.21. The molecule has 2 nitrogen and oxygen atoms in total. The van der Waals surface area contributed by atoms with Crippen molar-refractivity contribution < 1.29 is 4.74 Å². The largest absolute Gasteiger partial charge is 0.354 e. The van der Waals surface area contributed by atoms with Gasteiger partial charge in [0, 0.05) is 6.04 Å². The Kier molecular flexibility index (Phi) is 2.57. The molecule has 0 spiro atoms. The second kappa shape index (κ2) is 3.71. The zero-order valence-electron chi connectivity index (χ0n) is 8.97. The van der Waals surface area contributed by atoms with E-state index in [2.05, 4.69) is 50.1 Å². The number of hydrogen-bond donors (Lipinski definition) is 0. The summed E-state index contributed by atoms with van der Waals surface area (Å²) in [5, 5.41) is 0. The van der Waals surface area contributed by atoms with Crippen molar-refractivity contribution in [2.75, 3.05) is 7.05 Å². The van der Waals surface area contributed by atoms with E-state index in [0.717, 1.165) is 0 Å². The number of ether oxygens (including phenoxy) is 1. The molecule has 2 rings (SSSR count). The second-order valence-corrected chi connectivity index (χ2v) is 3.97. The second-order valence-electron chi connectivity index (χ2n) is 3.97. The fourth-order valence-corrected chi connectivity index (χ4v) is 1.97. The summed E-state index contributed by atoms with van der Waals surface area (Å²) in [5.74, 6) is 0. The number of rotatable bonds is 1. The van der Waals surface area contributed by atoms with E-state index < -0.39 is 0 Å². The van der Waals surface area contributed by atoms with Gasteiger partial charge in [-0.05, 0) is 26.5 Å². The summed E-state index contributed by atoms with van der Waals surface area (Å²) in [7, 11) is 2.11. The lowest BCUT2D eigenvalue weighted by molar-refractivity contribution is 0.0208. The molecule has 0 radical (unpaired) electrons. The van der Waals surface area contributed by atoms with Crippen molar-refractivity contribution in [2.24, 2.45) is 0 Å². The van der Waals surface area contributed by atoms with Crippen LogP contribution in [-0.2, 0) is 4.74 Å². The predicted molar refractivity (Wildman–Crippen MR) is 57.0 cm³/mol. The maximum atomic E-state index is 5.90. The van der Waals surface area contributed by atoms with E-state index in [1.54, 1.807) is 0 Å². The molecule has 14 heavy (non-hydrogen) atoms. The van der Waals surface area contributed by atoms with Gasteiger partial charge in [-0.3, -0.25) is 4.90 Å². The molecule has 1 aliphatic heterocycles. The molecule has 2 heteroatoms. The fourth-order valence-electron chi connectivity index (χ4n) is 1.97. The predicted octanol–water partition coefficient (Wildman–Crippen LogP) is 2.42. The van der Waals surface area contributed by atoms with Crippen molar-refractivity contribution in [2.45, 2.75) is 32.2 Å². The van der Waals surface area contributed by atoms with Crippen LogP contribution in [-0.4, -0.2) is 24.2 Å². The monoisotopic (exact) mass is 191 g/mol. The highest BCUT2D eigenvalue weighted by Crippen LogP contribution is 2.32. The van der Waals surface area contributed by atoms with Gasteiger partial charge < -0.3 is 4.74 Å². The van der Waals surface area contributed by atoms with Gasteiger partial charge >= 0.3 is 0 Å². The van der Waals surface area contributed by atoms with Crippen LogP contribution in [0, 0.1) is 0 Å². The van der Waals surface area contributed by atoms with Crippen molar-refractivity contribution in [3.05, 3.63) is 35.9 Å². The topological polar surface area (TPSA) is 12.5 Å². The Morgan fingerprint density at radius 3 is 2.29 bits per heavy atom. The summed E-state index contributed by atoms with van der Waals surface area (Å²) >= 11 is 0. The zero-order chi connectivity index (χ0) is 10.1. The first-order chi connectivity index (χ1) is 6.70. The van der Waals surface area contributed by atoms with Crippen molar-refractivity contribution in [3.8, 4) is 0 Å². The van der Waals surface area contributed by atoms with Gasteiger partial charge in [-0.15, -0.1) is 0 Å². The quantitative estimate of drug-likeness (QED) is 0.676. The van der Waals surface area contributed by atoms with Crippen LogP contribution >= 0.6 is 0 Å². The SMILES string of the molecule is C[C@@H]1[C@@H](c2ccccc2)O[C@H](C)N1C. The van der Waals surface area contributed by atoms with Crippen LogP contribution in [0.1, 0.15) is 25.5 Å². The summed E-state index contributed by atoms with van der Waals surface area (Å²) in [4.78, 5) is 2.26. The molecule has 1 aromatic carbocycles. The molecule has 1 aliphatic rings. The number of benzene rings is 1. The van der Waals surface area contributed by atoms with Crippen molar-refractivity contribution in [1.82, 2.24) is 4.90 Å². The number of nitrogens with zero attached hydrogens (tertiary/aromatic N) is 1. The van der Waals surface area contributed by atoms with Gasteiger partial charge in [-0.1, -0.05) is 30.3 Å². The first kappa shape index (κ1) is 9.69. The summed E-state index contributed by atoms with van der Waals surface area (Å²) in [6, 6.07) is 10.9. The van der Waals surface area contributed by atoms with Gasteiger partial charge in [-0.25, -0.2) is 0 Å². The molecule has 3 atom stereocenters. The van der Waals surface area contributed by atoms with E-state index in [1.165, 1.54) is 5.56 Å². The Hall–Kier alpha value is -0.860. The van der Waals surface area contributed by atoms with Crippen molar-refractivity contribution in [1.29, 1.82) is 0 Å². The fraction of sp³-hybridized carbons (Fsp3) is 0.500. The van der Waals surface area contributed by atoms with E-state index in [4.69, 9.17) is 4.74 Å². The van der Waals surface area contributed by atoms with Crippen LogP contribution in [0.3, 0.4) is 0 Å². The lowest BCUT2D eigenvalue weighted by Gasteiger charge is -2.18. The molecule has 76 valence electrons. The highest BCUT2D eigenvalue weighted by atomic mass is 16.5. The molecule has 0 aliphatic carbocycles.